The molecule has 0 radical (unpaired) electrons. The van der Waals surface area contributed by atoms with E-state index in [-0.39, 0.29) is 47.3 Å². The highest BCUT2D eigenvalue weighted by Gasteiger charge is 2.53. The van der Waals surface area contributed by atoms with Crippen LogP contribution in [0.2, 0.25) is 20.1 Å². The van der Waals surface area contributed by atoms with E-state index >= 15 is 0 Å². The van der Waals surface area contributed by atoms with E-state index < -0.39 is 22.9 Å². The van der Waals surface area contributed by atoms with E-state index in [1.54, 1.807) is 26.0 Å². The van der Waals surface area contributed by atoms with Crippen molar-refractivity contribution in [1.29, 1.82) is 0 Å². The number of amides is 2. The molecule has 4 aromatic carbocycles. The van der Waals surface area contributed by atoms with Gasteiger partial charge >= 0.3 is 0 Å². The number of rotatable bonds is 14. The van der Waals surface area contributed by atoms with Gasteiger partial charge in [-0.3, -0.25) is 19.2 Å². The number of nitrogens with zero attached hydrogens (tertiary/aromatic N) is 2. The van der Waals surface area contributed by atoms with Crippen LogP contribution in [-0.2, 0) is 19.2 Å². The van der Waals surface area contributed by atoms with Crippen molar-refractivity contribution in [3.05, 3.63) is 165 Å². The Labute approximate surface area is 388 Å². The quantitative estimate of drug-likeness (QED) is 0.118. The monoisotopic (exact) mass is 914 g/mol. The summed E-state index contributed by atoms with van der Waals surface area (Å²) in [7, 11) is 0. The molecule has 0 saturated carbocycles. The molecule has 328 valence electrons. The van der Waals surface area contributed by atoms with Crippen LogP contribution in [0.3, 0.4) is 0 Å². The van der Waals surface area contributed by atoms with Gasteiger partial charge in [-0.2, -0.15) is 0 Å². The third kappa shape index (κ3) is 10.6. The maximum atomic E-state index is 13.9. The summed E-state index contributed by atoms with van der Waals surface area (Å²) in [6, 6.07) is 29.2. The number of carbonyl (C=O) groups is 4. The van der Waals surface area contributed by atoms with Gasteiger partial charge in [0, 0.05) is 31.9 Å². The van der Waals surface area contributed by atoms with Crippen molar-refractivity contribution < 1.29 is 19.2 Å². The summed E-state index contributed by atoms with van der Waals surface area (Å²) in [4.78, 5) is 56.8. The molecule has 2 amide bonds. The lowest BCUT2D eigenvalue weighted by Crippen LogP contribution is -2.57. The molecule has 0 unspecified atom stereocenters. The van der Waals surface area contributed by atoms with Gasteiger partial charge < -0.3 is 9.80 Å². The first-order chi connectivity index (χ1) is 29.4. The Morgan fingerprint density at radius 2 is 0.935 bits per heavy atom. The Morgan fingerprint density at radius 1 is 0.597 bits per heavy atom. The van der Waals surface area contributed by atoms with Gasteiger partial charge in [-0.1, -0.05) is 135 Å². The van der Waals surface area contributed by atoms with E-state index in [1.807, 2.05) is 122 Å². The van der Waals surface area contributed by atoms with Gasteiger partial charge in [0.25, 0.3) is 0 Å². The van der Waals surface area contributed by atoms with Crippen molar-refractivity contribution in [1.82, 2.24) is 9.80 Å². The third-order valence-electron chi connectivity index (χ3n) is 12.8. The molecule has 0 bridgehead atoms. The van der Waals surface area contributed by atoms with Gasteiger partial charge in [-0.25, -0.2) is 0 Å². The molecule has 62 heavy (non-hydrogen) atoms. The number of allylic oxidation sites excluding steroid dienone is 2. The van der Waals surface area contributed by atoms with Gasteiger partial charge in [0.2, 0.25) is 11.8 Å². The zero-order valence-corrected chi connectivity index (χ0v) is 39.6. The van der Waals surface area contributed by atoms with Crippen LogP contribution in [0.5, 0.6) is 0 Å². The van der Waals surface area contributed by atoms with Gasteiger partial charge in [-0.05, 0) is 123 Å². The smallest absolute Gasteiger partial charge is 0.229 e. The molecule has 6 rings (SSSR count). The Hall–Kier alpha value is -4.20. The number of Topliss-reactive ketones (excluding diaryl/α,β-unsaturated/α-hetero) is 2. The second kappa shape index (κ2) is 21.0. The number of carbonyl (C=O) groups excluding carboxylic acids is 4. The van der Waals surface area contributed by atoms with Crippen molar-refractivity contribution in [2.75, 3.05) is 0 Å². The lowest BCUT2D eigenvalue weighted by Gasteiger charge is -2.51. The average Bonchev–Trinajstić information content (AvgIpc) is 3.22. The van der Waals surface area contributed by atoms with Gasteiger partial charge in [-0.15, -0.1) is 13.2 Å². The second-order valence-electron chi connectivity index (χ2n) is 17.3. The predicted octanol–water partition coefficient (Wildman–Crippen LogP) is 14.0. The minimum Gasteiger partial charge on any atom is -0.325 e. The molecule has 2 aliphatic heterocycles. The van der Waals surface area contributed by atoms with Crippen LogP contribution in [0.25, 0.3) is 0 Å². The summed E-state index contributed by atoms with van der Waals surface area (Å²) in [5, 5.41) is 2.57. The summed E-state index contributed by atoms with van der Waals surface area (Å²) in [6.45, 7) is 18.8. The number of ketones is 2. The number of hydrogen-bond donors (Lipinski definition) is 0. The second-order valence-corrected chi connectivity index (χ2v) is 19.1. The molecule has 2 saturated heterocycles. The minimum atomic E-state index is -0.652. The maximum Gasteiger partial charge on any atom is 0.229 e. The standard InChI is InChI=1S/2C26H29Cl2NO2/c2*1-5-14-26(4)16-22(19-8-7-9-21(28)15-19)24(18-10-12-20(27)13-11-18)29(25(26)31)23(6-2)17(3)30/h2*5,7-13,15,22-24H,1,6,14,16H2,2-4H3/t22-,23+,24-,26+;22-,23+,24-,26-/m11/s1. The van der Waals surface area contributed by atoms with Crippen molar-refractivity contribution in [2.45, 2.75) is 116 Å². The third-order valence-corrected chi connectivity index (χ3v) is 13.7. The van der Waals surface area contributed by atoms with Crippen LogP contribution in [0, 0.1) is 10.8 Å². The zero-order chi connectivity index (χ0) is 45.5. The van der Waals surface area contributed by atoms with Crippen LogP contribution in [0.15, 0.2) is 122 Å². The Balaban J connectivity index is 0.000000234. The largest absolute Gasteiger partial charge is 0.325 e. The molecular formula is C52H58Cl4N2O4. The van der Waals surface area contributed by atoms with Crippen LogP contribution < -0.4 is 0 Å². The van der Waals surface area contributed by atoms with E-state index in [1.165, 1.54) is 0 Å². The fourth-order valence-corrected chi connectivity index (χ4v) is 10.5. The first-order valence-corrected chi connectivity index (χ1v) is 22.8. The summed E-state index contributed by atoms with van der Waals surface area (Å²) in [6.07, 6.45) is 7.05. The Morgan fingerprint density at radius 3 is 1.21 bits per heavy atom. The number of piperidine rings is 2. The molecule has 0 aromatic heterocycles. The molecule has 8 atom stereocenters. The molecule has 4 aromatic rings. The maximum absolute atomic E-state index is 13.9. The molecule has 2 fully saturated rings. The molecule has 0 spiro atoms. The molecule has 2 heterocycles. The first kappa shape index (κ1) is 48.8. The molecular weight excluding hydrogens is 858 g/mol. The minimum absolute atomic E-state index is 0.00678. The topological polar surface area (TPSA) is 74.8 Å². The highest BCUT2D eigenvalue weighted by molar-refractivity contribution is 6.31. The predicted molar refractivity (Wildman–Crippen MR) is 255 cm³/mol. The Kier molecular flexibility index (Phi) is 16.5. The lowest BCUT2D eigenvalue weighted by molar-refractivity contribution is -0.157. The molecule has 2 aliphatic rings. The van der Waals surface area contributed by atoms with Gasteiger partial charge in [0.15, 0.2) is 11.6 Å². The average molecular weight is 917 g/mol. The van der Waals surface area contributed by atoms with E-state index in [0.29, 0.717) is 58.6 Å². The fraction of sp³-hybridized carbons (Fsp3) is 0.385. The van der Waals surface area contributed by atoms with Crippen LogP contribution in [0.4, 0.5) is 0 Å². The SMILES string of the molecule is C=CC[C@@]1(C)C[C@H](c2cccc(Cl)c2)[C@@H](c2ccc(Cl)cc2)N([C@@H](CC)C(C)=O)C1=O.C=CC[C@]1(C)C[C@H](c2cccc(Cl)c2)[C@@H](c2ccc(Cl)cc2)N([C@@H](CC)C(C)=O)C1=O. The van der Waals surface area contributed by atoms with Crippen molar-refractivity contribution >= 4 is 69.8 Å². The van der Waals surface area contributed by atoms with Gasteiger partial charge in [0.05, 0.1) is 35.0 Å². The zero-order valence-electron chi connectivity index (χ0n) is 36.6. The lowest BCUT2D eigenvalue weighted by atomic mass is 9.67. The Bertz CT molecular complexity index is 2100. The van der Waals surface area contributed by atoms with E-state index in [4.69, 9.17) is 46.4 Å². The number of benzene rings is 4. The van der Waals surface area contributed by atoms with Gasteiger partial charge in [0.1, 0.15) is 0 Å². The van der Waals surface area contributed by atoms with Crippen molar-refractivity contribution in [2.24, 2.45) is 10.8 Å². The van der Waals surface area contributed by atoms with Crippen molar-refractivity contribution in [3.63, 3.8) is 0 Å². The molecule has 0 aliphatic carbocycles. The molecule has 6 nitrogen and oxygen atoms in total. The number of hydrogen-bond acceptors (Lipinski definition) is 4. The number of likely N-dealkylation sites (tertiary alicyclic amines) is 2. The molecule has 0 N–H and O–H groups in total. The summed E-state index contributed by atoms with van der Waals surface area (Å²) in [5.74, 6) is -0.0998. The van der Waals surface area contributed by atoms with Crippen LogP contribution in [-0.4, -0.2) is 45.3 Å². The van der Waals surface area contributed by atoms with Crippen LogP contribution in [0.1, 0.15) is 126 Å². The first-order valence-electron chi connectivity index (χ1n) is 21.3. The summed E-state index contributed by atoms with van der Waals surface area (Å²) >= 11 is 25.0. The highest BCUT2D eigenvalue weighted by Crippen LogP contribution is 2.54. The molecule has 10 heteroatoms. The van der Waals surface area contributed by atoms with Crippen LogP contribution >= 0.6 is 46.4 Å². The normalized spacial score (nSPS) is 24.7. The fourth-order valence-electron chi connectivity index (χ4n) is 9.82. The van der Waals surface area contributed by atoms with E-state index in [2.05, 4.69) is 25.3 Å². The van der Waals surface area contributed by atoms with E-state index in [0.717, 1.165) is 22.3 Å². The number of halogens is 4. The van der Waals surface area contributed by atoms with Crippen molar-refractivity contribution in [3.8, 4) is 0 Å². The highest BCUT2D eigenvalue weighted by atomic mass is 35.5. The summed E-state index contributed by atoms with van der Waals surface area (Å²) in [5.41, 5.74) is 2.73. The van der Waals surface area contributed by atoms with E-state index in [9.17, 15) is 19.2 Å². The summed E-state index contributed by atoms with van der Waals surface area (Å²) < 4.78 is 0.